The second-order valence-electron chi connectivity index (χ2n) is 6.26. The number of piperazine rings is 1. The Hall–Kier alpha value is -1.39. The molecule has 4 heteroatoms. The van der Waals surface area contributed by atoms with Gasteiger partial charge < -0.3 is 5.32 Å². The highest BCUT2D eigenvalue weighted by molar-refractivity contribution is 5.81. The Labute approximate surface area is 127 Å². The molecule has 114 valence electrons. The van der Waals surface area contributed by atoms with Gasteiger partial charge in [0, 0.05) is 38.8 Å². The number of nitrogens with zero attached hydrogens (tertiary/aromatic N) is 2. The van der Waals surface area contributed by atoms with Crippen LogP contribution in [0.25, 0.3) is 0 Å². The van der Waals surface area contributed by atoms with Crippen molar-refractivity contribution in [3.05, 3.63) is 35.9 Å². The summed E-state index contributed by atoms with van der Waals surface area (Å²) in [5.41, 5.74) is 1.37. The lowest BCUT2D eigenvalue weighted by Crippen LogP contribution is -2.53. The van der Waals surface area contributed by atoms with Crippen molar-refractivity contribution in [1.29, 1.82) is 0 Å². The maximum Gasteiger partial charge on any atom is 0.237 e. The van der Waals surface area contributed by atoms with E-state index in [4.69, 9.17) is 0 Å². The number of carbonyl (C=O) groups excluding carboxylic acids is 1. The van der Waals surface area contributed by atoms with Gasteiger partial charge in [0.15, 0.2) is 0 Å². The van der Waals surface area contributed by atoms with Crippen LogP contribution in [0.4, 0.5) is 0 Å². The molecule has 0 unspecified atom stereocenters. The number of hydrogen-bond donors (Lipinski definition) is 1. The van der Waals surface area contributed by atoms with Gasteiger partial charge in [0.05, 0.1) is 6.04 Å². The van der Waals surface area contributed by atoms with Crippen LogP contribution in [-0.2, 0) is 11.3 Å². The third-order valence-corrected chi connectivity index (χ3v) is 4.51. The average molecular weight is 287 g/mol. The van der Waals surface area contributed by atoms with E-state index < -0.39 is 0 Å². The molecule has 1 saturated heterocycles. The molecule has 1 aromatic rings. The first-order chi connectivity index (χ1) is 10.2. The third-order valence-electron chi connectivity index (χ3n) is 4.51. The Morgan fingerprint density at radius 2 is 1.86 bits per heavy atom. The maximum atomic E-state index is 12.1. The summed E-state index contributed by atoms with van der Waals surface area (Å²) in [6, 6.07) is 11.1. The molecule has 3 rings (SSSR count). The molecule has 0 radical (unpaired) electrons. The molecular weight excluding hydrogens is 262 g/mol. The number of benzene rings is 1. The minimum absolute atomic E-state index is 0.00414. The summed E-state index contributed by atoms with van der Waals surface area (Å²) < 4.78 is 0. The highest BCUT2D eigenvalue weighted by Crippen LogP contribution is 2.19. The zero-order valence-corrected chi connectivity index (χ0v) is 12.8. The lowest BCUT2D eigenvalue weighted by Gasteiger charge is -2.37. The lowest BCUT2D eigenvalue weighted by molar-refractivity contribution is -0.126. The van der Waals surface area contributed by atoms with Crippen LogP contribution in [0.1, 0.15) is 25.3 Å². The fourth-order valence-electron chi connectivity index (χ4n) is 2.87. The monoisotopic (exact) mass is 287 g/mol. The SMILES string of the molecule is C[C@H](C(=O)NC1CC1)N1CCN(Cc2ccccc2)CC1. The van der Waals surface area contributed by atoms with Crippen molar-refractivity contribution in [3.63, 3.8) is 0 Å². The van der Waals surface area contributed by atoms with Gasteiger partial charge in [-0.25, -0.2) is 0 Å². The van der Waals surface area contributed by atoms with Crippen molar-refractivity contribution in [2.45, 2.75) is 38.4 Å². The van der Waals surface area contributed by atoms with E-state index >= 15 is 0 Å². The minimum Gasteiger partial charge on any atom is -0.352 e. The van der Waals surface area contributed by atoms with Gasteiger partial charge in [-0.1, -0.05) is 30.3 Å². The maximum absolute atomic E-state index is 12.1. The van der Waals surface area contributed by atoms with Crippen molar-refractivity contribution in [2.24, 2.45) is 0 Å². The molecule has 2 aliphatic rings. The highest BCUT2D eigenvalue weighted by Gasteiger charge is 2.29. The Bertz CT molecular complexity index is 464. The van der Waals surface area contributed by atoms with Crippen LogP contribution < -0.4 is 5.32 Å². The van der Waals surface area contributed by atoms with E-state index in [0.717, 1.165) is 45.6 Å². The normalized spacial score (nSPS) is 22.0. The molecule has 0 spiro atoms. The predicted octanol–water partition coefficient (Wildman–Crippen LogP) is 1.47. The van der Waals surface area contributed by atoms with E-state index in [-0.39, 0.29) is 11.9 Å². The largest absolute Gasteiger partial charge is 0.352 e. The van der Waals surface area contributed by atoms with E-state index in [1.165, 1.54) is 5.56 Å². The lowest BCUT2D eigenvalue weighted by atomic mass is 10.1. The van der Waals surface area contributed by atoms with Crippen molar-refractivity contribution in [3.8, 4) is 0 Å². The van der Waals surface area contributed by atoms with Gasteiger partial charge in [0.25, 0.3) is 0 Å². The molecule has 2 fully saturated rings. The highest BCUT2D eigenvalue weighted by atomic mass is 16.2. The standard InChI is InChI=1S/C17H25N3O/c1-14(17(21)18-16-7-8-16)20-11-9-19(10-12-20)13-15-5-3-2-4-6-15/h2-6,14,16H,7-13H2,1H3,(H,18,21)/t14-/m1/s1. The van der Waals surface area contributed by atoms with Gasteiger partial charge in [0.2, 0.25) is 5.91 Å². The molecule has 1 aliphatic carbocycles. The Morgan fingerprint density at radius 3 is 2.48 bits per heavy atom. The van der Waals surface area contributed by atoms with E-state index in [1.54, 1.807) is 0 Å². The molecule has 1 atom stereocenters. The predicted molar refractivity (Wildman–Crippen MR) is 83.9 cm³/mol. The minimum atomic E-state index is 0.00414. The van der Waals surface area contributed by atoms with Crippen LogP contribution in [0.2, 0.25) is 0 Å². The summed E-state index contributed by atoms with van der Waals surface area (Å²) in [6.45, 7) is 7.08. The fourth-order valence-corrected chi connectivity index (χ4v) is 2.87. The zero-order valence-electron chi connectivity index (χ0n) is 12.8. The molecule has 1 aromatic carbocycles. The average Bonchev–Trinajstić information content (AvgIpc) is 3.32. The second kappa shape index (κ2) is 6.58. The smallest absolute Gasteiger partial charge is 0.237 e. The van der Waals surface area contributed by atoms with Gasteiger partial charge in [-0.3, -0.25) is 14.6 Å². The van der Waals surface area contributed by atoms with E-state index in [0.29, 0.717) is 6.04 Å². The molecular formula is C17H25N3O. The van der Waals surface area contributed by atoms with Crippen molar-refractivity contribution >= 4 is 5.91 Å². The number of carbonyl (C=O) groups is 1. The third kappa shape index (κ3) is 4.05. The topological polar surface area (TPSA) is 35.6 Å². The van der Waals surface area contributed by atoms with Crippen LogP contribution >= 0.6 is 0 Å². The van der Waals surface area contributed by atoms with E-state index in [1.807, 2.05) is 6.92 Å². The summed E-state index contributed by atoms with van der Waals surface area (Å²) in [7, 11) is 0. The fraction of sp³-hybridized carbons (Fsp3) is 0.588. The Morgan fingerprint density at radius 1 is 1.19 bits per heavy atom. The van der Waals surface area contributed by atoms with Crippen molar-refractivity contribution < 1.29 is 4.79 Å². The second-order valence-corrected chi connectivity index (χ2v) is 6.26. The van der Waals surface area contributed by atoms with Crippen LogP contribution in [0.15, 0.2) is 30.3 Å². The molecule has 1 amide bonds. The van der Waals surface area contributed by atoms with Gasteiger partial charge >= 0.3 is 0 Å². The summed E-state index contributed by atoms with van der Waals surface area (Å²) in [6.07, 6.45) is 2.31. The van der Waals surface area contributed by atoms with Gasteiger partial charge in [-0.15, -0.1) is 0 Å². The van der Waals surface area contributed by atoms with Gasteiger partial charge in [0.1, 0.15) is 0 Å². The summed E-state index contributed by atoms with van der Waals surface area (Å²) in [5.74, 6) is 0.203. The number of hydrogen-bond acceptors (Lipinski definition) is 3. The summed E-state index contributed by atoms with van der Waals surface area (Å²) in [4.78, 5) is 16.9. The molecule has 1 aliphatic heterocycles. The van der Waals surface area contributed by atoms with Gasteiger partial charge in [-0.2, -0.15) is 0 Å². The molecule has 0 aromatic heterocycles. The van der Waals surface area contributed by atoms with Crippen LogP contribution in [0.5, 0.6) is 0 Å². The molecule has 1 heterocycles. The van der Waals surface area contributed by atoms with Crippen LogP contribution in [0, 0.1) is 0 Å². The van der Waals surface area contributed by atoms with Crippen LogP contribution in [0.3, 0.4) is 0 Å². The quantitative estimate of drug-likeness (QED) is 0.891. The number of amides is 1. The van der Waals surface area contributed by atoms with Crippen LogP contribution in [-0.4, -0.2) is 54.0 Å². The first kappa shape index (κ1) is 14.5. The summed E-state index contributed by atoms with van der Waals surface area (Å²) >= 11 is 0. The van der Waals surface area contributed by atoms with Gasteiger partial charge in [-0.05, 0) is 25.3 Å². The summed E-state index contributed by atoms with van der Waals surface area (Å²) in [5, 5.41) is 3.11. The number of nitrogens with one attached hydrogen (secondary N) is 1. The molecule has 0 bridgehead atoms. The molecule has 4 nitrogen and oxygen atoms in total. The van der Waals surface area contributed by atoms with Crippen molar-refractivity contribution in [1.82, 2.24) is 15.1 Å². The van der Waals surface area contributed by atoms with Crippen molar-refractivity contribution in [2.75, 3.05) is 26.2 Å². The molecule has 1 saturated carbocycles. The first-order valence-electron chi connectivity index (χ1n) is 8.03. The number of rotatable bonds is 5. The molecule has 1 N–H and O–H groups in total. The van der Waals surface area contributed by atoms with E-state index in [9.17, 15) is 4.79 Å². The first-order valence-corrected chi connectivity index (χ1v) is 8.03. The Kier molecular flexibility index (Phi) is 4.56. The Balaban J connectivity index is 1.44. The zero-order chi connectivity index (χ0) is 14.7. The molecule has 21 heavy (non-hydrogen) atoms. The van der Waals surface area contributed by atoms with E-state index in [2.05, 4.69) is 45.4 Å².